The van der Waals surface area contributed by atoms with Crippen molar-refractivity contribution in [2.75, 3.05) is 0 Å². The van der Waals surface area contributed by atoms with E-state index < -0.39 is 26.4 Å². The quantitative estimate of drug-likeness (QED) is 0.681. The highest BCUT2D eigenvalue weighted by Crippen LogP contribution is 2.14. The summed E-state index contributed by atoms with van der Waals surface area (Å²) in [6, 6.07) is 0.829. The first-order valence-corrected chi connectivity index (χ1v) is 5.73. The molecule has 0 bridgehead atoms. The SMILES string of the molecule is Cn1c(=O)[nH]c(=O)c2cc(S(=O)(=O)F)cnc21. The number of fused-ring (bicyclic) bond motifs is 1. The van der Waals surface area contributed by atoms with E-state index in [2.05, 4.69) is 4.98 Å². The van der Waals surface area contributed by atoms with Crippen LogP contribution in [0.2, 0.25) is 0 Å². The smallest absolute Gasteiger partial charge is 0.281 e. The van der Waals surface area contributed by atoms with E-state index >= 15 is 0 Å². The Balaban J connectivity index is 2.99. The van der Waals surface area contributed by atoms with Crippen LogP contribution in [0.1, 0.15) is 0 Å². The monoisotopic (exact) mass is 259 g/mol. The van der Waals surface area contributed by atoms with Gasteiger partial charge in [-0.05, 0) is 6.07 Å². The molecule has 2 aromatic heterocycles. The molecule has 0 radical (unpaired) electrons. The molecule has 2 rings (SSSR count). The van der Waals surface area contributed by atoms with E-state index in [1.807, 2.05) is 4.98 Å². The average molecular weight is 259 g/mol. The maximum absolute atomic E-state index is 12.7. The summed E-state index contributed by atoms with van der Waals surface area (Å²) in [5.41, 5.74) is -1.53. The minimum Gasteiger partial charge on any atom is -0.281 e. The van der Waals surface area contributed by atoms with Crippen molar-refractivity contribution in [3.8, 4) is 0 Å². The van der Waals surface area contributed by atoms with Crippen LogP contribution in [0.15, 0.2) is 26.7 Å². The number of aryl methyl sites for hydroxylation is 1. The molecule has 0 saturated carbocycles. The second-order valence-corrected chi connectivity index (χ2v) is 4.65. The first kappa shape index (κ1) is 11.5. The Bertz CT molecular complexity index is 821. The van der Waals surface area contributed by atoms with Gasteiger partial charge in [-0.1, -0.05) is 0 Å². The van der Waals surface area contributed by atoms with Crippen molar-refractivity contribution in [2.45, 2.75) is 4.90 Å². The molecule has 0 amide bonds. The predicted octanol–water partition coefficient (Wildman–Crippen LogP) is -0.720. The Kier molecular flexibility index (Phi) is 2.35. The third-order valence-electron chi connectivity index (χ3n) is 2.21. The van der Waals surface area contributed by atoms with Gasteiger partial charge in [-0.2, -0.15) is 8.42 Å². The molecule has 2 aromatic rings. The molecule has 0 spiro atoms. The number of hydrogen-bond acceptors (Lipinski definition) is 5. The summed E-state index contributed by atoms with van der Waals surface area (Å²) < 4.78 is 35.0. The van der Waals surface area contributed by atoms with Crippen molar-refractivity contribution in [1.82, 2.24) is 14.5 Å². The summed E-state index contributed by atoms with van der Waals surface area (Å²) >= 11 is 0. The average Bonchev–Trinajstić information content (AvgIpc) is 2.24. The minimum absolute atomic E-state index is 0.0221. The molecule has 0 aromatic carbocycles. The molecule has 0 aliphatic carbocycles. The molecular formula is C8H6FN3O4S. The van der Waals surface area contributed by atoms with Crippen LogP contribution in [0.25, 0.3) is 11.0 Å². The van der Waals surface area contributed by atoms with Gasteiger partial charge in [0.15, 0.2) is 0 Å². The van der Waals surface area contributed by atoms with Crippen LogP contribution in [0, 0.1) is 0 Å². The molecule has 9 heteroatoms. The van der Waals surface area contributed by atoms with Crippen LogP contribution in [0.3, 0.4) is 0 Å². The first-order valence-electron chi connectivity index (χ1n) is 4.34. The van der Waals surface area contributed by atoms with Gasteiger partial charge >= 0.3 is 15.9 Å². The third kappa shape index (κ3) is 1.84. The number of aromatic nitrogens is 3. The number of pyridine rings is 1. The van der Waals surface area contributed by atoms with E-state index in [9.17, 15) is 21.9 Å². The van der Waals surface area contributed by atoms with Gasteiger partial charge in [0.2, 0.25) is 0 Å². The largest absolute Gasteiger partial charge is 0.333 e. The lowest BCUT2D eigenvalue weighted by molar-refractivity contribution is 0.552. The maximum atomic E-state index is 12.7. The Morgan fingerprint density at radius 2 is 2.06 bits per heavy atom. The van der Waals surface area contributed by atoms with Crippen molar-refractivity contribution in [2.24, 2.45) is 7.05 Å². The second kappa shape index (κ2) is 3.48. The second-order valence-electron chi connectivity index (χ2n) is 3.30. The highest BCUT2D eigenvalue weighted by atomic mass is 32.3. The summed E-state index contributed by atoms with van der Waals surface area (Å²) in [6.07, 6.45) is 0.747. The van der Waals surface area contributed by atoms with Gasteiger partial charge in [-0.25, -0.2) is 9.78 Å². The molecule has 0 fully saturated rings. The van der Waals surface area contributed by atoms with Crippen LogP contribution in [0.5, 0.6) is 0 Å². The molecular weight excluding hydrogens is 253 g/mol. The lowest BCUT2D eigenvalue weighted by Gasteiger charge is -2.02. The number of aromatic amines is 1. The van der Waals surface area contributed by atoms with E-state index in [0.29, 0.717) is 0 Å². The highest BCUT2D eigenvalue weighted by molar-refractivity contribution is 7.86. The number of halogens is 1. The van der Waals surface area contributed by atoms with E-state index in [0.717, 1.165) is 16.8 Å². The van der Waals surface area contributed by atoms with Gasteiger partial charge < -0.3 is 0 Å². The van der Waals surface area contributed by atoms with Crippen LogP contribution in [0.4, 0.5) is 3.89 Å². The van der Waals surface area contributed by atoms with Crippen molar-refractivity contribution in [3.05, 3.63) is 33.1 Å². The van der Waals surface area contributed by atoms with Crippen molar-refractivity contribution < 1.29 is 12.3 Å². The Labute approximate surface area is 93.8 Å². The lowest BCUT2D eigenvalue weighted by Crippen LogP contribution is -2.29. The minimum atomic E-state index is -4.94. The summed E-state index contributed by atoms with van der Waals surface area (Å²) in [6.45, 7) is 0. The number of hydrogen-bond donors (Lipinski definition) is 1. The molecule has 0 atom stereocenters. The predicted molar refractivity (Wildman–Crippen MR) is 55.9 cm³/mol. The lowest BCUT2D eigenvalue weighted by atomic mass is 10.3. The molecule has 2 heterocycles. The van der Waals surface area contributed by atoms with Crippen LogP contribution in [-0.2, 0) is 17.3 Å². The standard InChI is InChI=1S/C8H6FN3O4S/c1-12-6-5(7(13)11-8(12)14)2-4(3-10-6)17(9,15)16/h2-3H,1H3,(H,11,13,14). The Morgan fingerprint density at radius 3 is 2.65 bits per heavy atom. The zero-order chi connectivity index (χ0) is 12.8. The first-order chi connectivity index (χ1) is 7.80. The fourth-order valence-electron chi connectivity index (χ4n) is 1.35. The molecule has 0 saturated heterocycles. The Hall–Kier alpha value is -2.03. The van der Waals surface area contributed by atoms with Gasteiger partial charge in [0, 0.05) is 7.05 Å². The summed E-state index contributed by atoms with van der Waals surface area (Å²) in [5, 5.41) is -0.175. The van der Waals surface area contributed by atoms with E-state index in [1.165, 1.54) is 7.05 Å². The van der Waals surface area contributed by atoms with E-state index in [-0.39, 0.29) is 11.0 Å². The van der Waals surface area contributed by atoms with Crippen molar-refractivity contribution in [3.63, 3.8) is 0 Å². The highest BCUT2D eigenvalue weighted by Gasteiger charge is 2.15. The van der Waals surface area contributed by atoms with Crippen LogP contribution >= 0.6 is 0 Å². The number of H-pyrrole nitrogens is 1. The Morgan fingerprint density at radius 1 is 1.41 bits per heavy atom. The fraction of sp³-hybridized carbons (Fsp3) is 0.125. The molecule has 0 aliphatic heterocycles. The molecule has 0 aliphatic rings. The summed E-state index contributed by atoms with van der Waals surface area (Å²) in [7, 11) is -3.59. The van der Waals surface area contributed by atoms with Gasteiger partial charge in [0.1, 0.15) is 10.5 Å². The summed E-state index contributed by atoms with van der Waals surface area (Å²) in [4.78, 5) is 27.4. The van der Waals surface area contributed by atoms with Crippen LogP contribution in [-0.4, -0.2) is 23.0 Å². The summed E-state index contributed by atoms with van der Waals surface area (Å²) in [5.74, 6) is 0. The maximum Gasteiger partial charge on any atom is 0.333 e. The van der Waals surface area contributed by atoms with E-state index in [1.54, 1.807) is 0 Å². The van der Waals surface area contributed by atoms with Crippen molar-refractivity contribution in [1.29, 1.82) is 0 Å². The van der Waals surface area contributed by atoms with Gasteiger partial charge in [0.25, 0.3) is 5.56 Å². The van der Waals surface area contributed by atoms with Gasteiger partial charge in [-0.15, -0.1) is 3.89 Å². The molecule has 0 unspecified atom stereocenters. The number of rotatable bonds is 1. The van der Waals surface area contributed by atoms with Gasteiger partial charge in [0.05, 0.1) is 11.6 Å². The zero-order valence-corrected chi connectivity index (χ0v) is 9.28. The number of nitrogens with zero attached hydrogens (tertiary/aromatic N) is 2. The van der Waals surface area contributed by atoms with Crippen LogP contribution < -0.4 is 11.2 Å². The number of nitrogens with one attached hydrogen (secondary N) is 1. The fourth-order valence-corrected chi connectivity index (χ4v) is 1.79. The molecule has 7 nitrogen and oxygen atoms in total. The van der Waals surface area contributed by atoms with E-state index in [4.69, 9.17) is 0 Å². The molecule has 1 N–H and O–H groups in total. The topological polar surface area (TPSA) is 102 Å². The van der Waals surface area contributed by atoms with Crippen molar-refractivity contribution >= 4 is 21.3 Å². The molecule has 90 valence electrons. The zero-order valence-electron chi connectivity index (χ0n) is 8.47. The van der Waals surface area contributed by atoms with Gasteiger partial charge in [-0.3, -0.25) is 14.3 Å². The normalized spacial score (nSPS) is 11.9. The molecule has 17 heavy (non-hydrogen) atoms. The third-order valence-corrected chi connectivity index (χ3v) is 3.00.